The number of nitrogens with one attached hydrogen (secondary N) is 1. The minimum Gasteiger partial charge on any atom is -0.347 e. The molecule has 1 N–H and O–H groups in total. The van der Waals surface area contributed by atoms with Crippen molar-refractivity contribution in [2.45, 2.75) is 25.8 Å². The maximum Gasteiger partial charge on any atom is 0.256 e. The molecule has 2 heterocycles. The summed E-state index contributed by atoms with van der Waals surface area (Å²) >= 11 is 5.41. The summed E-state index contributed by atoms with van der Waals surface area (Å²) in [6.07, 6.45) is 2.02. The highest BCUT2D eigenvalue weighted by atomic mass is 32.1. The third-order valence-corrected chi connectivity index (χ3v) is 3.94. The van der Waals surface area contributed by atoms with Gasteiger partial charge in [-0.05, 0) is 31.4 Å². The molecule has 0 unspecified atom stereocenters. The van der Waals surface area contributed by atoms with E-state index in [2.05, 4.69) is 5.32 Å². The van der Waals surface area contributed by atoms with Gasteiger partial charge in [0, 0.05) is 6.54 Å². The fraction of sp³-hybridized carbons (Fsp3) is 0.385. The first-order valence-electron chi connectivity index (χ1n) is 5.90. The van der Waals surface area contributed by atoms with Gasteiger partial charge in [-0.15, -0.1) is 0 Å². The normalized spacial score (nSPS) is 22.9. The molecule has 2 aliphatic heterocycles. The van der Waals surface area contributed by atoms with Crippen molar-refractivity contribution in [1.82, 2.24) is 4.90 Å². The maximum atomic E-state index is 12.4. The molecule has 1 aromatic carbocycles. The van der Waals surface area contributed by atoms with Crippen LogP contribution in [0.5, 0.6) is 0 Å². The van der Waals surface area contributed by atoms with Gasteiger partial charge >= 0.3 is 0 Å². The minimum absolute atomic E-state index is 0.0873. The van der Waals surface area contributed by atoms with E-state index < -0.39 is 0 Å². The van der Waals surface area contributed by atoms with Crippen LogP contribution < -0.4 is 5.32 Å². The molecule has 1 aromatic rings. The summed E-state index contributed by atoms with van der Waals surface area (Å²) in [5, 5.41) is 3.26. The zero-order valence-electron chi connectivity index (χ0n) is 9.69. The number of rotatable bonds is 0. The lowest BCUT2D eigenvalue weighted by atomic mass is 10.1. The standard InChI is InChI=1S/C13H14N2OS/c1-8-4-2-5-9-11(8)14-12(17)10-6-3-7-15(10)13(9)16/h2,4-5,10H,3,6-7H2,1H3,(H,14,17)/t10-/m0/s1. The molecular formula is C13H14N2OS. The maximum absolute atomic E-state index is 12.4. The Bertz CT molecular complexity index is 512. The zero-order chi connectivity index (χ0) is 12.0. The Balaban J connectivity index is 2.15. The molecule has 0 bridgehead atoms. The number of benzene rings is 1. The predicted molar refractivity (Wildman–Crippen MR) is 71.5 cm³/mol. The van der Waals surface area contributed by atoms with Gasteiger partial charge in [0.05, 0.1) is 17.3 Å². The molecule has 0 saturated carbocycles. The number of carbonyl (C=O) groups is 1. The second-order valence-corrected chi connectivity index (χ2v) is 5.08. The molecule has 0 radical (unpaired) electrons. The van der Waals surface area contributed by atoms with Crippen molar-refractivity contribution < 1.29 is 4.79 Å². The predicted octanol–water partition coefficient (Wildman–Crippen LogP) is 2.35. The summed E-state index contributed by atoms with van der Waals surface area (Å²) in [7, 11) is 0. The summed E-state index contributed by atoms with van der Waals surface area (Å²) in [5.41, 5.74) is 2.70. The Morgan fingerprint density at radius 1 is 1.47 bits per heavy atom. The molecule has 1 saturated heterocycles. The van der Waals surface area contributed by atoms with E-state index in [0.29, 0.717) is 0 Å². The molecule has 1 atom stereocenters. The SMILES string of the molecule is Cc1cccc2c1NC(=S)[C@@H]1CCCN1C2=O. The lowest BCUT2D eigenvalue weighted by Crippen LogP contribution is -2.39. The van der Waals surface area contributed by atoms with Crippen LogP contribution in [0.4, 0.5) is 5.69 Å². The Morgan fingerprint density at radius 2 is 2.29 bits per heavy atom. The number of hydrogen-bond acceptors (Lipinski definition) is 2. The van der Waals surface area contributed by atoms with E-state index in [4.69, 9.17) is 12.2 Å². The van der Waals surface area contributed by atoms with E-state index in [9.17, 15) is 4.79 Å². The first-order chi connectivity index (χ1) is 8.18. The van der Waals surface area contributed by atoms with Crippen molar-refractivity contribution in [1.29, 1.82) is 0 Å². The van der Waals surface area contributed by atoms with Gasteiger partial charge in [-0.1, -0.05) is 24.4 Å². The van der Waals surface area contributed by atoms with Crippen molar-refractivity contribution in [3.63, 3.8) is 0 Å². The number of fused-ring (bicyclic) bond motifs is 2. The number of thiocarbonyl (C=S) groups is 1. The van der Waals surface area contributed by atoms with Crippen molar-refractivity contribution in [3.8, 4) is 0 Å². The average Bonchev–Trinajstić information content (AvgIpc) is 2.76. The Labute approximate surface area is 106 Å². The van der Waals surface area contributed by atoms with Gasteiger partial charge in [0.25, 0.3) is 5.91 Å². The number of hydrogen-bond donors (Lipinski definition) is 1. The van der Waals surface area contributed by atoms with Crippen LogP contribution in [0.3, 0.4) is 0 Å². The molecule has 1 amide bonds. The second-order valence-electron chi connectivity index (χ2n) is 4.64. The van der Waals surface area contributed by atoms with Gasteiger partial charge in [-0.2, -0.15) is 0 Å². The summed E-state index contributed by atoms with van der Waals surface area (Å²) in [4.78, 5) is 15.1. The molecule has 3 rings (SSSR count). The highest BCUT2D eigenvalue weighted by Crippen LogP contribution is 2.30. The molecule has 2 aliphatic rings. The largest absolute Gasteiger partial charge is 0.347 e. The van der Waals surface area contributed by atoms with E-state index in [1.165, 1.54) is 0 Å². The Kier molecular flexibility index (Phi) is 2.40. The van der Waals surface area contributed by atoms with Crippen molar-refractivity contribution in [2.75, 3.05) is 11.9 Å². The molecule has 88 valence electrons. The number of anilines is 1. The number of para-hydroxylation sites is 1. The second kappa shape index (κ2) is 3.81. The number of aryl methyl sites for hydroxylation is 1. The third kappa shape index (κ3) is 1.55. The molecule has 17 heavy (non-hydrogen) atoms. The smallest absolute Gasteiger partial charge is 0.256 e. The lowest BCUT2D eigenvalue weighted by molar-refractivity contribution is 0.0774. The molecular weight excluding hydrogens is 232 g/mol. The van der Waals surface area contributed by atoms with Gasteiger partial charge in [0.2, 0.25) is 0 Å². The van der Waals surface area contributed by atoms with Gasteiger partial charge in [0.1, 0.15) is 4.99 Å². The van der Waals surface area contributed by atoms with Gasteiger partial charge < -0.3 is 10.2 Å². The monoisotopic (exact) mass is 246 g/mol. The first-order valence-corrected chi connectivity index (χ1v) is 6.31. The lowest BCUT2D eigenvalue weighted by Gasteiger charge is -2.21. The van der Waals surface area contributed by atoms with E-state index in [1.54, 1.807) is 0 Å². The van der Waals surface area contributed by atoms with Crippen LogP contribution >= 0.6 is 12.2 Å². The highest BCUT2D eigenvalue weighted by molar-refractivity contribution is 7.80. The number of carbonyl (C=O) groups excluding carboxylic acids is 1. The molecule has 0 aliphatic carbocycles. The average molecular weight is 246 g/mol. The topological polar surface area (TPSA) is 32.3 Å². The van der Waals surface area contributed by atoms with Gasteiger partial charge in [-0.3, -0.25) is 4.79 Å². The van der Waals surface area contributed by atoms with Crippen molar-refractivity contribution >= 4 is 28.8 Å². The minimum atomic E-state index is 0.0873. The first kappa shape index (κ1) is 10.7. The Hall–Kier alpha value is -1.42. The van der Waals surface area contributed by atoms with Crippen LogP contribution in [0.1, 0.15) is 28.8 Å². The van der Waals surface area contributed by atoms with Crippen LogP contribution in [0, 0.1) is 6.92 Å². The fourth-order valence-electron chi connectivity index (χ4n) is 2.66. The molecule has 0 spiro atoms. The van der Waals surface area contributed by atoms with Crippen LogP contribution in [-0.4, -0.2) is 28.4 Å². The van der Waals surface area contributed by atoms with E-state index in [0.717, 1.165) is 41.2 Å². The molecule has 0 aromatic heterocycles. The van der Waals surface area contributed by atoms with Crippen LogP contribution in [0.2, 0.25) is 0 Å². The van der Waals surface area contributed by atoms with Crippen molar-refractivity contribution in [2.24, 2.45) is 0 Å². The van der Waals surface area contributed by atoms with Gasteiger partial charge in [-0.25, -0.2) is 0 Å². The summed E-state index contributed by atoms with van der Waals surface area (Å²) in [6.45, 7) is 2.82. The molecule has 1 fully saturated rings. The zero-order valence-corrected chi connectivity index (χ0v) is 10.5. The number of amides is 1. The fourth-order valence-corrected chi connectivity index (χ4v) is 3.00. The third-order valence-electron chi connectivity index (χ3n) is 3.57. The molecule has 3 nitrogen and oxygen atoms in total. The van der Waals surface area contributed by atoms with Crippen molar-refractivity contribution in [3.05, 3.63) is 29.3 Å². The van der Waals surface area contributed by atoms with Crippen LogP contribution in [-0.2, 0) is 0 Å². The quantitative estimate of drug-likeness (QED) is 0.713. The highest BCUT2D eigenvalue weighted by Gasteiger charge is 2.36. The van der Waals surface area contributed by atoms with E-state index >= 15 is 0 Å². The van der Waals surface area contributed by atoms with E-state index in [1.807, 2.05) is 30.0 Å². The molecule has 4 heteroatoms. The van der Waals surface area contributed by atoms with Crippen LogP contribution in [0.15, 0.2) is 18.2 Å². The van der Waals surface area contributed by atoms with Crippen LogP contribution in [0.25, 0.3) is 0 Å². The Morgan fingerprint density at radius 3 is 3.12 bits per heavy atom. The summed E-state index contributed by atoms with van der Waals surface area (Å²) in [6, 6.07) is 5.89. The van der Waals surface area contributed by atoms with E-state index in [-0.39, 0.29) is 11.9 Å². The summed E-state index contributed by atoms with van der Waals surface area (Å²) < 4.78 is 0. The summed E-state index contributed by atoms with van der Waals surface area (Å²) in [5.74, 6) is 0.110. The van der Waals surface area contributed by atoms with Gasteiger partial charge in [0.15, 0.2) is 0 Å². The number of nitrogens with zero attached hydrogens (tertiary/aromatic N) is 1.